The molecule has 0 aliphatic carbocycles. The normalized spacial score (nSPS) is 10.3. The number of nitrogens with zero attached hydrogens (tertiary/aromatic N) is 3. The van der Waals surface area contributed by atoms with Crippen LogP contribution in [0.5, 0.6) is 5.75 Å². The van der Waals surface area contributed by atoms with Gasteiger partial charge in [-0.1, -0.05) is 59.7 Å². The van der Waals surface area contributed by atoms with Gasteiger partial charge in [-0.15, -0.1) is 5.10 Å². The number of benzene rings is 2. The molecule has 0 bridgehead atoms. The summed E-state index contributed by atoms with van der Waals surface area (Å²) in [5.74, 6) is 5.20. The minimum absolute atomic E-state index is 0.00573. The molecule has 28 heavy (non-hydrogen) atoms. The average molecular weight is 369 g/mol. The van der Waals surface area contributed by atoms with Crippen molar-refractivity contribution in [3.05, 3.63) is 95.3 Å². The molecule has 0 spiro atoms. The molecule has 4 aromatic rings. The lowest BCUT2D eigenvalue weighted by molar-refractivity contribution is 0.0693. The van der Waals surface area contributed by atoms with Crippen LogP contribution in [0, 0.1) is 11.8 Å². The van der Waals surface area contributed by atoms with E-state index in [9.17, 15) is 9.90 Å². The number of hydrogen-bond acceptors (Lipinski definition) is 4. The summed E-state index contributed by atoms with van der Waals surface area (Å²) in [4.78, 5) is 11.9. The monoisotopic (exact) mass is 369 g/mol. The van der Waals surface area contributed by atoms with Gasteiger partial charge in [-0.25, -0.2) is 9.31 Å². The first-order valence-electron chi connectivity index (χ1n) is 8.57. The van der Waals surface area contributed by atoms with Gasteiger partial charge < -0.3 is 9.84 Å². The molecule has 6 nitrogen and oxygen atoms in total. The third-order valence-electron chi connectivity index (χ3n) is 4.11. The van der Waals surface area contributed by atoms with E-state index in [1.807, 2.05) is 60.7 Å². The molecule has 0 amide bonds. The number of rotatable bonds is 4. The fraction of sp³-hybridized carbons (Fsp3) is 0.0455. The van der Waals surface area contributed by atoms with Gasteiger partial charge in [0.25, 0.3) is 0 Å². The van der Waals surface area contributed by atoms with Crippen molar-refractivity contribution < 1.29 is 14.6 Å². The van der Waals surface area contributed by atoms with Crippen LogP contribution < -0.4 is 4.74 Å². The Hall–Kier alpha value is -4.11. The van der Waals surface area contributed by atoms with E-state index in [1.54, 1.807) is 6.07 Å². The summed E-state index contributed by atoms with van der Waals surface area (Å²) in [5, 5.41) is 17.5. The zero-order valence-corrected chi connectivity index (χ0v) is 14.7. The van der Waals surface area contributed by atoms with Gasteiger partial charge in [0.2, 0.25) is 0 Å². The van der Waals surface area contributed by atoms with Gasteiger partial charge in [0.15, 0.2) is 0 Å². The van der Waals surface area contributed by atoms with Crippen LogP contribution in [0.1, 0.15) is 27.2 Å². The number of carboxylic acid groups (broad SMARTS) is 1. The second kappa shape index (κ2) is 7.64. The Kier molecular flexibility index (Phi) is 4.72. The summed E-state index contributed by atoms with van der Waals surface area (Å²) in [6.45, 7) is 0.240. The molecule has 0 aliphatic heterocycles. The number of ether oxygens (including phenoxy) is 1. The van der Waals surface area contributed by atoms with Crippen molar-refractivity contribution in [3.8, 4) is 17.6 Å². The fourth-order valence-electron chi connectivity index (χ4n) is 2.78. The van der Waals surface area contributed by atoms with Crippen LogP contribution in [-0.2, 0) is 6.61 Å². The van der Waals surface area contributed by atoms with Crippen molar-refractivity contribution in [1.29, 1.82) is 0 Å². The van der Waals surface area contributed by atoms with Crippen molar-refractivity contribution >= 4 is 11.5 Å². The van der Waals surface area contributed by atoms with Crippen LogP contribution >= 0.6 is 0 Å². The molecule has 0 radical (unpaired) electrons. The lowest BCUT2D eigenvalue weighted by atomic mass is 10.1. The van der Waals surface area contributed by atoms with Crippen LogP contribution in [-0.4, -0.2) is 25.9 Å². The van der Waals surface area contributed by atoms with Crippen LogP contribution in [0.4, 0.5) is 0 Å². The third kappa shape index (κ3) is 3.55. The third-order valence-corrected chi connectivity index (χ3v) is 4.11. The van der Waals surface area contributed by atoms with Gasteiger partial charge in [0.05, 0.1) is 6.20 Å². The molecular formula is C22H15N3O3. The maximum atomic E-state index is 11.9. The summed E-state index contributed by atoms with van der Waals surface area (Å²) in [6, 6.07) is 20.6. The minimum atomic E-state index is -1.11. The molecule has 0 unspecified atom stereocenters. The van der Waals surface area contributed by atoms with Crippen molar-refractivity contribution in [2.75, 3.05) is 0 Å². The fourth-order valence-corrected chi connectivity index (χ4v) is 2.78. The summed E-state index contributed by atoms with van der Waals surface area (Å²) in [6.07, 6.45) is 1.40. The number of aromatic carboxylic acids is 1. The van der Waals surface area contributed by atoms with Gasteiger partial charge in [-0.3, -0.25) is 0 Å². The molecule has 0 saturated carbocycles. The Labute approximate surface area is 161 Å². The van der Waals surface area contributed by atoms with Crippen LogP contribution in [0.3, 0.4) is 0 Å². The van der Waals surface area contributed by atoms with Gasteiger partial charge in [-0.2, -0.15) is 0 Å². The van der Waals surface area contributed by atoms with Gasteiger partial charge in [0.1, 0.15) is 29.1 Å². The predicted molar refractivity (Wildman–Crippen MR) is 103 cm³/mol. The number of fused-ring (bicyclic) bond motifs is 1. The predicted octanol–water partition coefficient (Wildman–Crippen LogP) is 3.41. The molecule has 2 heterocycles. The lowest BCUT2D eigenvalue weighted by Gasteiger charge is -2.11. The van der Waals surface area contributed by atoms with E-state index in [2.05, 4.69) is 22.2 Å². The molecule has 2 aromatic heterocycles. The number of pyridine rings is 1. The zero-order chi connectivity index (χ0) is 19.3. The Bertz CT molecular complexity index is 1190. The van der Waals surface area contributed by atoms with E-state index in [4.69, 9.17) is 4.74 Å². The molecule has 0 aliphatic rings. The topological polar surface area (TPSA) is 76.7 Å². The highest BCUT2D eigenvalue weighted by molar-refractivity contribution is 5.98. The molecule has 0 fully saturated rings. The van der Waals surface area contributed by atoms with Crippen LogP contribution in [0.25, 0.3) is 5.52 Å². The van der Waals surface area contributed by atoms with Gasteiger partial charge in [-0.05, 0) is 23.6 Å². The Morgan fingerprint density at radius 1 is 1.04 bits per heavy atom. The van der Waals surface area contributed by atoms with E-state index < -0.39 is 5.97 Å². The molecule has 4 rings (SSSR count). The SMILES string of the molecule is O=C(O)c1c(OCc2ccccc2)cc(C#Cc2ccccc2)n2nncc12. The summed E-state index contributed by atoms with van der Waals surface area (Å²) < 4.78 is 7.25. The lowest BCUT2D eigenvalue weighted by Crippen LogP contribution is -2.08. The van der Waals surface area contributed by atoms with Crippen molar-refractivity contribution in [3.63, 3.8) is 0 Å². The Morgan fingerprint density at radius 3 is 2.46 bits per heavy atom. The first-order valence-corrected chi connectivity index (χ1v) is 8.57. The molecule has 0 atom stereocenters. The molecule has 2 aromatic carbocycles. The van der Waals surface area contributed by atoms with Crippen molar-refractivity contribution in [2.45, 2.75) is 6.61 Å². The zero-order valence-electron chi connectivity index (χ0n) is 14.7. The van der Waals surface area contributed by atoms with Crippen molar-refractivity contribution in [1.82, 2.24) is 14.8 Å². The van der Waals surface area contributed by atoms with Crippen LogP contribution in [0.15, 0.2) is 72.9 Å². The average Bonchev–Trinajstić information content (AvgIpc) is 3.21. The van der Waals surface area contributed by atoms with E-state index in [0.29, 0.717) is 11.2 Å². The highest BCUT2D eigenvalue weighted by Crippen LogP contribution is 2.26. The number of aromatic nitrogens is 3. The Morgan fingerprint density at radius 2 is 1.75 bits per heavy atom. The molecule has 136 valence electrons. The minimum Gasteiger partial charge on any atom is -0.488 e. The summed E-state index contributed by atoms with van der Waals surface area (Å²) in [7, 11) is 0. The summed E-state index contributed by atoms with van der Waals surface area (Å²) >= 11 is 0. The first-order chi connectivity index (χ1) is 13.7. The standard InChI is InChI=1S/C22H15N3O3/c26-22(27)21-19-14-23-24-25(19)18(12-11-16-7-3-1-4-8-16)13-20(21)28-15-17-9-5-2-6-10-17/h1-10,13-14H,15H2,(H,26,27). The second-order valence-electron chi connectivity index (χ2n) is 6.00. The Balaban J connectivity index is 1.78. The highest BCUT2D eigenvalue weighted by atomic mass is 16.5. The summed E-state index contributed by atoms with van der Waals surface area (Å²) in [5.41, 5.74) is 2.60. The maximum Gasteiger partial charge on any atom is 0.341 e. The second-order valence-corrected chi connectivity index (χ2v) is 6.00. The van der Waals surface area contributed by atoms with Crippen molar-refractivity contribution in [2.24, 2.45) is 0 Å². The number of carboxylic acids is 1. The molecule has 0 saturated heterocycles. The number of carbonyl (C=O) groups is 1. The largest absolute Gasteiger partial charge is 0.488 e. The highest BCUT2D eigenvalue weighted by Gasteiger charge is 2.20. The maximum absolute atomic E-state index is 11.9. The smallest absolute Gasteiger partial charge is 0.341 e. The molecule has 6 heteroatoms. The van der Waals surface area contributed by atoms with Crippen LogP contribution in [0.2, 0.25) is 0 Å². The first kappa shape index (κ1) is 17.3. The van der Waals surface area contributed by atoms with Gasteiger partial charge in [0, 0.05) is 11.6 Å². The van der Waals surface area contributed by atoms with Gasteiger partial charge >= 0.3 is 5.97 Å². The van der Waals surface area contributed by atoms with E-state index in [-0.39, 0.29) is 17.9 Å². The quantitative estimate of drug-likeness (QED) is 0.558. The molecular weight excluding hydrogens is 354 g/mol. The van der Waals surface area contributed by atoms with E-state index in [1.165, 1.54) is 10.7 Å². The molecule has 1 N–H and O–H groups in total. The van der Waals surface area contributed by atoms with E-state index in [0.717, 1.165) is 11.1 Å². The number of hydrogen-bond donors (Lipinski definition) is 1. The van der Waals surface area contributed by atoms with E-state index >= 15 is 0 Å².